The number of carboxylic acids is 1. The van der Waals surface area contributed by atoms with Gasteiger partial charge in [-0.05, 0) is 43.3 Å². The zero-order valence-corrected chi connectivity index (χ0v) is 15.5. The molecule has 0 aliphatic rings. The molecular weight excluding hydrogens is 419 g/mol. The number of rotatable bonds is 7. The first kappa shape index (κ1) is 22.0. The maximum atomic E-state index is 12.6. The van der Waals surface area contributed by atoms with E-state index in [4.69, 9.17) is 4.18 Å². The molecule has 0 unspecified atom stereocenters. The minimum atomic E-state index is -4.89. The van der Waals surface area contributed by atoms with Crippen LogP contribution in [-0.2, 0) is 10.1 Å². The van der Waals surface area contributed by atoms with Crippen LogP contribution in [0.1, 0.15) is 27.6 Å². The van der Waals surface area contributed by atoms with Crippen LogP contribution < -0.4 is 14.2 Å². The summed E-state index contributed by atoms with van der Waals surface area (Å²) >= 11 is 0. The van der Waals surface area contributed by atoms with Crippen molar-refractivity contribution in [2.75, 3.05) is 11.1 Å². The lowest BCUT2D eigenvalue weighted by Gasteiger charge is -2.14. The summed E-state index contributed by atoms with van der Waals surface area (Å²) in [5.41, 5.74) is -1.08. The fourth-order valence-electron chi connectivity index (χ4n) is 2.14. The number of carbonyl (C=O) groups is 2. The summed E-state index contributed by atoms with van der Waals surface area (Å²) in [4.78, 5) is 24.0. The Morgan fingerprint density at radius 1 is 1.10 bits per heavy atom. The summed E-state index contributed by atoms with van der Waals surface area (Å²) in [5, 5.41) is 11.6. The lowest BCUT2D eigenvalue weighted by atomic mass is 10.1. The molecule has 0 fully saturated rings. The van der Waals surface area contributed by atoms with Gasteiger partial charge in [0.25, 0.3) is 5.91 Å². The highest BCUT2D eigenvalue weighted by atomic mass is 32.2. The van der Waals surface area contributed by atoms with E-state index in [-0.39, 0.29) is 5.69 Å². The van der Waals surface area contributed by atoms with E-state index in [0.29, 0.717) is 0 Å². The van der Waals surface area contributed by atoms with Crippen LogP contribution >= 0.6 is 0 Å². The van der Waals surface area contributed by atoms with Crippen molar-refractivity contribution in [1.29, 1.82) is 0 Å². The zero-order valence-electron chi connectivity index (χ0n) is 14.7. The third-order valence-corrected chi connectivity index (χ3v) is 4.54. The number of benzene rings is 2. The SMILES string of the molecule is CCS(=O)(=O)Oc1cccc(C(=O)O)c1C(=O)Nc1ccc(OC(F)(F)F)cc1. The first-order valence-electron chi connectivity index (χ1n) is 7.87. The molecule has 0 radical (unpaired) electrons. The number of ether oxygens (including phenoxy) is 1. The van der Waals surface area contributed by atoms with E-state index in [1.807, 2.05) is 0 Å². The van der Waals surface area contributed by atoms with Crippen molar-refractivity contribution >= 4 is 27.7 Å². The van der Waals surface area contributed by atoms with Gasteiger partial charge in [-0.15, -0.1) is 13.2 Å². The van der Waals surface area contributed by atoms with E-state index in [2.05, 4.69) is 10.1 Å². The Labute approximate surface area is 163 Å². The van der Waals surface area contributed by atoms with E-state index in [0.717, 1.165) is 36.4 Å². The number of anilines is 1. The molecule has 1 amide bonds. The predicted octanol–water partition coefficient (Wildman–Crippen LogP) is 3.26. The van der Waals surface area contributed by atoms with Crippen LogP contribution in [0.15, 0.2) is 42.5 Å². The van der Waals surface area contributed by atoms with Crippen molar-refractivity contribution in [1.82, 2.24) is 0 Å². The number of aromatic carboxylic acids is 1. The van der Waals surface area contributed by atoms with Gasteiger partial charge in [0.05, 0.1) is 16.9 Å². The Kier molecular flexibility index (Phi) is 6.37. The predicted molar refractivity (Wildman–Crippen MR) is 94.6 cm³/mol. The summed E-state index contributed by atoms with van der Waals surface area (Å²) in [6, 6.07) is 7.43. The standard InChI is InChI=1S/C17H14F3NO7S/c1-2-29(25,26)28-13-5-3-4-12(16(23)24)14(13)15(22)21-10-6-8-11(9-7-10)27-17(18,19)20/h3-9H,2H2,1H3,(H,21,22)(H,23,24). The third kappa shape index (κ3) is 6.10. The maximum Gasteiger partial charge on any atom is 0.573 e. The number of halogens is 3. The largest absolute Gasteiger partial charge is 0.573 e. The monoisotopic (exact) mass is 433 g/mol. The highest BCUT2D eigenvalue weighted by Gasteiger charge is 2.31. The summed E-state index contributed by atoms with van der Waals surface area (Å²) < 4.78 is 68.5. The van der Waals surface area contributed by atoms with Gasteiger partial charge < -0.3 is 19.3 Å². The molecule has 0 aliphatic carbocycles. The quantitative estimate of drug-likeness (QED) is 0.643. The molecule has 0 saturated heterocycles. The molecule has 0 atom stereocenters. The fraction of sp³-hybridized carbons (Fsp3) is 0.176. The maximum absolute atomic E-state index is 12.6. The van der Waals surface area contributed by atoms with E-state index >= 15 is 0 Å². The molecule has 29 heavy (non-hydrogen) atoms. The molecule has 0 bridgehead atoms. The van der Waals surface area contributed by atoms with Gasteiger partial charge in [-0.2, -0.15) is 8.42 Å². The molecule has 2 aromatic carbocycles. The lowest BCUT2D eigenvalue weighted by Crippen LogP contribution is -2.20. The number of hydrogen-bond donors (Lipinski definition) is 2. The van der Waals surface area contributed by atoms with Gasteiger partial charge in [0.15, 0.2) is 5.75 Å². The minimum absolute atomic E-state index is 0.00835. The van der Waals surface area contributed by atoms with Crippen LogP contribution in [0.2, 0.25) is 0 Å². The van der Waals surface area contributed by atoms with Gasteiger partial charge in [-0.25, -0.2) is 4.79 Å². The number of amides is 1. The topological polar surface area (TPSA) is 119 Å². The molecule has 0 aromatic heterocycles. The molecule has 12 heteroatoms. The summed E-state index contributed by atoms with van der Waals surface area (Å²) in [6.07, 6.45) is -4.89. The molecule has 8 nitrogen and oxygen atoms in total. The summed E-state index contributed by atoms with van der Waals surface area (Å²) in [6.45, 7) is 1.29. The smallest absolute Gasteiger partial charge is 0.478 e. The van der Waals surface area contributed by atoms with Crippen LogP contribution in [-0.4, -0.2) is 37.5 Å². The average Bonchev–Trinajstić information content (AvgIpc) is 2.61. The van der Waals surface area contributed by atoms with Crippen molar-refractivity contribution in [2.45, 2.75) is 13.3 Å². The molecule has 2 aromatic rings. The Balaban J connectivity index is 2.35. The van der Waals surface area contributed by atoms with Crippen molar-refractivity contribution < 1.29 is 45.2 Å². The van der Waals surface area contributed by atoms with E-state index in [1.54, 1.807) is 0 Å². The molecule has 0 spiro atoms. The number of alkyl halides is 3. The molecular formula is C17H14F3NO7S. The normalized spacial score (nSPS) is 11.6. The van der Waals surface area contributed by atoms with Gasteiger partial charge in [0.2, 0.25) is 0 Å². The van der Waals surface area contributed by atoms with Gasteiger partial charge in [0.1, 0.15) is 5.75 Å². The molecule has 2 N–H and O–H groups in total. The molecule has 0 saturated carbocycles. The van der Waals surface area contributed by atoms with Crippen LogP contribution in [0.25, 0.3) is 0 Å². The van der Waals surface area contributed by atoms with Crippen molar-refractivity contribution in [3.8, 4) is 11.5 Å². The van der Waals surface area contributed by atoms with Gasteiger partial charge in [-0.1, -0.05) is 6.07 Å². The van der Waals surface area contributed by atoms with Crippen LogP contribution in [0.4, 0.5) is 18.9 Å². The molecule has 0 aliphatic heterocycles. The number of nitrogens with one attached hydrogen (secondary N) is 1. The second-order valence-electron chi connectivity index (χ2n) is 5.44. The lowest BCUT2D eigenvalue weighted by molar-refractivity contribution is -0.274. The van der Waals surface area contributed by atoms with E-state index in [9.17, 15) is 36.3 Å². The average molecular weight is 433 g/mol. The van der Waals surface area contributed by atoms with Crippen molar-refractivity contribution in [2.24, 2.45) is 0 Å². The van der Waals surface area contributed by atoms with Crippen LogP contribution in [0.3, 0.4) is 0 Å². The number of carbonyl (C=O) groups excluding carboxylic acids is 1. The van der Waals surface area contributed by atoms with Gasteiger partial charge >= 0.3 is 22.4 Å². The Morgan fingerprint density at radius 3 is 2.24 bits per heavy atom. The summed E-state index contributed by atoms with van der Waals surface area (Å²) in [7, 11) is -4.06. The minimum Gasteiger partial charge on any atom is -0.478 e. The van der Waals surface area contributed by atoms with Crippen molar-refractivity contribution in [3.63, 3.8) is 0 Å². The van der Waals surface area contributed by atoms with E-state index in [1.165, 1.54) is 13.0 Å². The van der Waals surface area contributed by atoms with Gasteiger partial charge in [-0.3, -0.25) is 4.79 Å². The van der Waals surface area contributed by atoms with E-state index < -0.39 is 56.7 Å². The van der Waals surface area contributed by atoms with Crippen LogP contribution in [0.5, 0.6) is 11.5 Å². The molecule has 156 valence electrons. The highest BCUT2D eigenvalue weighted by Crippen LogP contribution is 2.27. The second-order valence-corrected chi connectivity index (χ2v) is 7.30. The highest BCUT2D eigenvalue weighted by molar-refractivity contribution is 7.87. The Hall–Kier alpha value is -3.28. The Bertz CT molecular complexity index is 1020. The van der Waals surface area contributed by atoms with Crippen LogP contribution in [0, 0.1) is 0 Å². The molecule has 0 heterocycles. The van der Waals surface area contributed by atoms with Crippen molar-refractivity contribution in [3.05, 3.63) is 53.6 Å². The zero-order chi connectivity index (χ0) is 21.8. The summed E-state index contributed by atoms with van der Waals surface area (Å²) in [5.74, 6) is -4.00. The van der Waals surface area contributed by atoms with Gasteiger partial charge in [0, 0.05) is 5.69 Å². The number of hydrogen-bond acceptors (Lipinski definition) is 6. The second kappa shape index (κ2) is 8.39. The first-order valence-corrected chi connectivity index (χ1v) is 9.45. The molecule has 2 rings (SSSR count). The third-order valence-electron chi connectivity index (χ3n) is 3.40. The fourth-order valence-corrected chi connectivity index (χ4v) is 2.67. The Morgan fingerprint density at radius 2 is 1.72 bits per heavy atom. The number of carboxylic acid groups (broad SMARTS) is 1. The first-order chi connectivity index (χ1) is 13.4.